The minimum atomic E-state index is -0.214. The molecule has 1 amide bonds. The van der Waals surface area contributed by atoms with E-state index in [2.05, 4.69) is 5.16 Å². The summed E-state index contributed by atoms with van der Waals surface area (Å²) < 4.78 is 12.8. The average molecular weight is 366 g/mol. The first-order valence-electron chi connectivity index (χ1n) is 9.00. The second kappa shape index (κ2) is 7.00. The van der Waals surface area contributed by atoms with Crippen molar-refractivity contribution in [3.63, 3.8) is 0 Å². The highest BCUT2D eigenvalue weighted by molar-refractivity contribution is 5.92. The maximum Gasteiger partial charge on any atom is 0.293 e. The van der Waals surface area contributed by atoms with Crippen LogP contribution in [0.1, 0.15) is 39.2 Å². The van der Waals surface area contributed by atoms with Crippen LogP contribution in [0.5, 0.6) is 0 Å². The van der Waals surface area contributed by atoms with Gasteiger partial charge in [0.25, 0.3) is 5.91 Å². The van der Waals surface area contributed by atoms with Crippen LogP contribution in [0.25, 0.3) is 5.69 Å². The van der Waals surface area contributed by atoms with Crippen LogP contribution in [-0.4, -0.2) is 45.5 Å². The Bertz CT molecular complexity index is 961. The van der Waals surface area contributed by atoms with E-state index >= 15 is 0 Å². The molecule has 1 atom stereocenters. The van der Waals surface area contributed by atoms with Gasteiger partial charge in [-0.1, -0.05) is 23.4 Å². The number of carbonyl (C=O) groups is 1. The number of amides is 1. The molecule has 4 rings (SSSR count). The summed E-state index contributed by atoms with van der Waals surface area (Å²) in [7, 11) is 0. The third-order valence-corrected chi connectivity index (χ3v) is 4.91. The number of benzene rings is 1. The molecule has 0 radical (unpaired) electrons. The van der Waals surface area contributed by atoms with Gasteiger partial charge in [-0.05, 0) is 32.9 Å². The summed E-state index contributed by atoms with van der Waals surface area (Å²) in [6, 6.07) is 11.4. The number of hydrogen-bond donors (Lipinski definition) is 0. The molecule has 1 saturated heterocycles. The van der Waals surface area contributed by atoms with Crippen LogP contribution in [-0.2, 0) is 4.74 Å². The van der Waals surface area contributed by atoms with Gasteiger partial charge >= 0.3 is 0 Å². The van der Waals surface area contributed by atoms with Gasteiger partial charge in [0.15, 0.2) is 0 Å². The molecule has 0 bridgehead atoms. The minimum Gasteiger partial charge on any atom is -0.377 e. The molecule has 3 heterocycles. The van der Waals surface area contributed by atoms with Crippen molar-refractivity contribution in [2.24, 2.45) is 0 Å². The second-order valence-corrected chi connectivity index (χ2v) is 6.75. The van der Waals surface area contributed by atoms with E-state index in [-0.39, 0.29) is 17.7 Å². The highest BCUT2D eigenvalue weighted by Crippen LogP contribution is 2.31. The van der Waals surface area contributed by atoms with Crippen molar-refractivity contribution in [3.05, 3.63) is 64.8 Å². The Balaban J connectivity index is 1.72. The van der Waals surface area contributed by atoms with Gasteiger partial charge in [0.1, 0.15) is 0 Å². The number of aryl methyl sites for hydroxylation is 2. The molecule has 140 valence electrons. The average Bonchev–Trinajstić information content (AvgIpc) is 3.25. The van der Waals surface area contributed by atoms with Crippen molar-refractivity contribution < 1.29 is 14.1 Å². The number of para-hydroxylation sites is 1. The molecule has 1 aliphatic heterocycles. The summed E-state index contributed by atoms with van der Waals surface area (Å²) >= 11 is 0. The van der Waals surface area contributed by atoms with E-state index in [1.165, 1.54) is 0 Å². The van der Waals surface area contributed by atoms with Crippen LogP contribution in [0.3, 0.4) is 0 Å². The summed E-state index contributed by atoms with van der Waals surface area (Å²) in [5, 5.41) is 8.55. The molecule has 7 nitrogen and oxygen atoms in total. The standard InChI is InChI=1S/C20H22N4O3/c1-13-11-18(27-22-13)20(25)23-9-10-26-12-17(23)19-14(2)21-24(15(19)3)16-7-5-4-6-8-16/h4-8,11,17H,9-10,12H2,1-3H3. The van der Waals surface area contributed by atoms with Crippen LogP contribution >= 0.6 is 0 Å². The zero-order chi connectivity index (χ0) is 19.0. The van der Waals surface area contributed by atoms with E-state index < -0.39 is 0 Å². The first-order valence-corrected chi connectivity index (χ1v) is 9.00. The lowest BCUT2D eigenvalue weighted by Gasteiger charge is -2.35. The zero-order valence-electron chi connectivity index (χ0n) is 15.7. The van der Waals surface area contributed by atoms with E-state index in [4.69, 9.17) is 14.4 Å². The zero-order valence-corrected chi connectivity index (χ0v) is 15.7. The lowest BCUT2D eigenvalue weighted by molar-refractivity contribution is -0.00498. The maximum absolute atomic E-state index is 13.0. The van der Waals surface area contributed by atoms with Crippen LogP contribution < -0.4 is 0 Å². The number of nitrogens with zero attached hydrogens (tertiary/aromatic N) is 4. The maximum atomic E-state index is 13.0. The second-order valence-electron chi connectivity index (χ2n) is 6.75. The molecular formula is C20H22N4O3. The molecule has 0 N–H and O–H groups in total. The van der Waals surface area contributed by atoms with Crippen molar-refractivity contribution in [1.82, 2.24) is 19.8 Å². The molecule has 1 aliphatic rings. The van der Waals surface area contributed by atoms with Gasteiger partial charge in [0.05, 0.1) is 36.3 Å². The Morgan fingerprint density at radius 3 is 2.67 bits per heavy atom. The van der Waals surface area contributed by atoms with E-state index in [9.17, 15) is 4.79 Å². The molecule has 0 spiro atoms. The molecule has 27 heavy (non-hydrogen) atoms. The van der Waals surface area contributed by atoms with E-state index in [0.29, 0.717) is 25.5 Å². The molecule has 1 unspecified atom stereocenters. The molecule has 7 heteroatoms. The minimum absolute atomic E-state index is 0.171. The molecule has 0 aliphatic carbocycles. The fourth-order valence-electron chi connectivity index (χ4n) is 3.65. The van der Waals surface area contributed by atoms with E-state index in [1.807, 2.05) is 48.9 Å². The Kier molecular flexibility index (Phi) is 4.53. The van der Waals surface area contributed by atoms with Crippen LogP contribution in [0.4, 0.5) is 0 Å². The predicted molar refractivity (Wildman–Crippen MR) is 98.9 cm³/mol. The fraction of sp³-hybridized carbons (Fsp3) is 0.350. The van der Waals surface area contributed by atoms with Crippen LogP contribution in [0.15, 0.2) is 40.9 Å². The number of morpholine rings is 1. The third-order valence-electron chi connectivity index (χ3n) is 4.91. The van der Waals surface area contributed by atoms with Crippen LogP contribution in [0.2, 0.25) is 0 Å². The topological polar surface area (TPSA) is 73.4 Å². The Hall–Kier alpha value is -2.93. The number of rotatable bonds is 3. The molecule has 3 aromatic rings. The largest absolute Gasteiger partial charge is 0.377 e. The predicted octanol–water partition coefficient (Wildman–Crippen LogP) is 3.00. The highest BCUT2D eigenvalue weighted by Gasteiger charge is 2.34. The van der Waals surface area contributed by atoms with Crippen molar-refractivity contribution in [2.45, 2.75) is 26.8 Å². The fourth-order valence-corrected chi connectivity index (χ4v) is 3.65. The molecule has 0 saturated carbocycles. The monoisotopic (exact) mass is 366 g/mol. The van der Waals surface area contributed by atoms with Gasteiger partial charge in [-0.2, -0.15) is 5.10 Å². The summed E-state index contributed by atoms with van der Waals surface area (Å²) in [5.41, 5.74) is 4.58. The van der Waals surface area contributed by atoms with E-state index in [1.54, 1.807) is 17.9 Å². The lowest BCUT2D eigenvalue weighted by atomic mass is 10.0. The van der Waals surface area contributed by atoms with Crippen molar-refractivity contribution in [3.8, 4) is 5.69 Å². The molecule has 1 fully saturated rings. The number of aromatic nitrogens is 3. The summed E-state index contributed by atoms with van der Waals surface area (Å²) in [4.78, 5) is 14.8. The van der Waals surface area contributed by atoms with Crippen molar-refractivity contribution >= 4 is 5.91 Å². The number of hydrogen-bond acceptors (Lipinski definition) is 5. The number of carbonyl (C=O) groups excluding carboxylic acids is 1. The summed E-state index contributed by atoms with van der Waals surface area (Å²) in [6.45, 7) is 7.23. The first kappa shape index (κ1) is 17.5. The Labute approximate surface area is 157 Å². The Morgan fingerprint density at radius 1 is 1.19 bits per heavy atom. The normalized spacial score (nSPS) is 17.3. The first-order chi connectivity index (χ1) is 13.1. The van der Waals surface area contributed by atoms with Gasteiger partial charge in [-0.15, -0.1) is 0 Å². The SMILES string of the molecule is Cc1cc(C(=O)N2CCOCC2c2c(C)nn(-c3ccccc3)c2C)on1. The quantitative estimate of drug-likeness (QED) is 0.712. The summed E-state index contributed by atoms with van der Waals surface area (Å²) in [5.74, 6) is 0.0836. The Morgan fingerprint density at radius 2 is 1.96 bits per heavy atom. The van der Waals surface area contributed by atoms with Crippen molar-refractivity contribution in [2.75, 3.05) is 19.8 Å². The van der Waals surface area contributed by atoms with Gasteiger partial charge in [-0.25, -0.2) is 4.68 Å². The van der Waals surface area contributed by atoms with Crippen LogP contribution in [0, 0.1) is 20.8 Å². The molecular weight excluding hydrogens is 344 g/mol. The molecule has 2 aromatic heterocycles. The smallest absolute Gasteiger partial charge is 0.293 e. The van der Waals surface area contributed by atoms with Gasteiger partial charge < -0.3 is 14.2 Å². The van der Waals surface area contributed by atoms with Gasteiger partial charge in [0.2, 0.25) is 5.76 Å². The molecule has 1 aromatic carbocycles. The summed E-state index contributed by atoms with van der Waals surface area (Å²) in [6.07, 6.45) is 0. The van der Waals surface area contributed by atoms with Gasteiger partial charge in [0, 0.05) is 23.9 Å². The number of ether oxygens (including phenoxy) is 1. The van der Waals surface area contributed by atoms with Gasteiger partial charge in [-0.3, -0.25) is 4.79 Å². The third kappa shape index (κ3) is 3.14. The highest BCUT2D eigenvalue weighted by atomic mass is 16.5. The van der Waals surface area contributed by atoms with E-state index in [0.717, 1.165) is 22.6 Å². The van der Waals surface area contributed by atoms with Crippen molar-refractivity contribution in [1.29, 1.82) is 0 Å². The lowest BCUT2D eigenvalue weighted by Crippen LogP contribution is -2.43.